The number of halogens is 1. The maximum absolute atomic E-state index is 5.57. The summed E-state index contributed by atoms with van der Waals surface area (Å²) in [4.78, 5) is 0. The van der Waals surface area contributed by atoms with Gasteiger partial charge >= 0.3 is 0 Å². The van der Waals surface area contributed by atoms with Crippen LogP contribution in [0.3, 0.4) is 0 Å². The molecule has 2 N–H and O–H groups in total. The van der Waals surface area contributed by atoms with Crippen LogP contribution in [-0.4, -0.2) is 9.78 Å². The van der Waals surface area contributed by atoms with Crippen LogP contribution < -0.4 is 5.73 Å². The highest BCUT2D eigenvalue weighted by molar-refractivity contribution is 6.30. The van der Waals surface area contributed by atoms with Crippen molar-refractivity contribution in [2.45, 2.75) is 13.1 Å². The van der Waals surface area contributed by atoms with Gasteiger partial charge < -0.3 is 5.73 Å². The molecule has 50 valence electrons. The molecule has 3 nitrogen and oxygen atoms in total. The third-order valence-electron chi connectivity index (χ3n) is 0.987. The summed E-state index contributed by atoms with van der Waals surface area (Å²) in [5.41, 5.74) is 5.47. The van der Waals surface area contributed by atoms with Crippen molar-refractivity contribution in [3.05, 3.63) is 17.4 Å². The van der Waals surface area contributed by atoms with Crippen LogP contribution in [0, 0.1) is 0 Å². The van der Waals surface area contributed by atoms with Crippen LogP contribution in [0.5, 0.6) is 0 Å². The minimum absolute atomic E-state index is 0.0995. The van der Waals surface area contributed by atoms with Crippen LogP contribution in [0.25, 0.3) is 0 Å². The summed E-state index contributed by atoms with van der Waals surface area (Å²) in [6.45, 7) is 1.84. The summed E-state index contributed by atoms with van der Waals surface area (Å²) >= 11 is 5.57. The molecule has 1 unspecified atom stereocenters. The molecule has 0 spiro atoms. The zero-order valence-corrected chi connectivity index (χ0v) is 5.84. The Morgan fingerprint density at radius 2 is 2.56 bits per heavy atom. The molecule has 0 radical (unpaired) electrons. The van der Waals surface area contributed by atoms with Crippen molar-refractivity contribution >= 4 is 11.6 Å². The van der Waals surface area contributed by atoms with E-state index in [9.17, 15) is 0 Å². The van der Waals surface area contributed by atoms with E-state index in [-0.39, 0.29) is 6.17 Å². The van der Waals surface area contributed by atoms with Gasteiger partial charge in [0.25, 0.3) is 0 Å². The monoisotopic (exact) mass is 145 g/mol. The Balaban J connectivity index is 2.85. The Bertz CT molecular complexity index is 194. The first kappa shape index (κ1) is 6.58. The zero-order valence-electron chi connectivity index (χ0n) is 5.08. The first-order valence-electron chi connectivity index (χ1n) is 2.65. The van der Waals surface area contributed by atoms with Crippen LogP contribution in [0.1, 0.15) is 13.1 Å². The Labute approximate surface area is 58.4 Å². The molecular formula is C5H8ClN3. The fourth-order valence-corrected chi connectivity index (χ4v) is 0.681. The fraction of sp³-hybridized carbons (Fsp3) is 0.400. The van der Waals surface area contributed by atoms with Crippen LogP contribution in [-0.2, 0) is 0 Å². The van der Waals surface area contributed by atoms with E-state index in [2.05, 4.69) is 5.10 Å². The number of aromatic nitrogens is 2. The highest BCUT2D eigenvalue weighted by atomic mass is 35.5. The molecule has 1 aromatic rings. The summed E-state index contributed by atoms with van der Waals surface area (Å²) in [7, 11) is 0. The molecule has 0 saturated heterocycles. The number of nitrogens with two attached hydrogens (primary N) is 1. The Morgan fingerprint density at radius 1 is 1.89 bits per heavy atom. The molecule has 0 fully saturated rings. The predicted octanol–water partition coefficient (Wildman–Crippen LogP) is 1.01. The Morgan fingerprint density at radius 3 is 2.78 bits per heavy atom. The molecule has 0 aliphatic heterocycles. The molecule has 0 bridgehead atoms. The van der Waals surface area contributed by atoms with E-state index in [1.54, 1.807) is 17.1 Å². The van der Waals surface area contributed by atoms with Gasteiger partial charge in [-0.15, -0.1) is 0 Å². The second-order valence-electron chi connectivity index (χ2n) is 1.88. The lowest BCUT2D eigenvalue weighted by Crippen LogP contribution is -2.14. The first-order valence-corrected chi connectivity index (χ1v) is 3.03. The van der Waals surface area contributed by atoms with Crippen molar-refractivity contribution in [3.8, 4) is 0 Å². The minimum Gasteiger partial charge on any atom is -0.310 e. The number of hydrogen-bond acceptors (Lipinski definition) is 2. The van der Waals surface area contributed by atoms with Crippen LogP contribution in [0.4, 0.5) is 0 Å². The molecular weight excluding hydrogens is 138 g/mol. The molecule has 1 atom stereocenters. The molecule has 9 heavy (non-hydrogen) atoms. The van der Waals surface area contributed by atoms with Gasteiger partial charge in [0, 0.05) is 6.20 Å². The topological polar surface area (TPSA) is 43.8 Å². The van der Waals surface area contributed by atoms with E-state index < -0.39 is 0 Å². The van der Waals surface area contributed by atoms with Crippen molar-refractivity contribution < 1.29 is 0 Å². The molecule has 1 aromatic heterocycles. The summed E-state index contributed by atoms with van der Waals surface area (Å²) in [5, 5.41) is 4.49. The standard InChI is InChI=1S/C5H8ClN3/c1-4(7)9-3-5(6)2-8-9/h2-4H,7H2,1H3. The quantitative estimate of drug-likeness (QED) is 0.641. The molecule has 0 aliphatic carbocycles. The van der Waals surface area contributed by atoms with E-state index >= 15 is 0 Å². The van der Waals surface area contributed by atoms with Crippen LogP contribution in [0.15, 0.2) is 12.4 Å². The van der Waals surface area contributed by atoms with Crippen molar-refractivity contribution in [3.63, 3.8) is 0 Å². The van der Waals surface area contributed by atoms with Gasteiger partial charge in [0.2, 0.25) is 0 Å². The van der Waals surface area contributed by atoms with Gasteiger partial charge in [0.15, 0.2) is 0 Å². The highest BCUT2D eigenvalue weighted by Gasteiger charge is 1.97. The molecule has 1 heterocycles. The third kappa shape index (κ3) is 1.43. The smallest absolute Gasteiger partial charge is 0.0960 e. The number of rotatable bonds is 1. The Hall–Kier alpha value is -0.540. The fourth-order valence-electron chi connectivity index (χ4n) is 0.538. The molecule has 0 aromatic carbocycles. The average molecular weight is 146 g/mol. The van der Waals surface area contributed by atoms with Gasteiger partial charge in [-0.3, -0.25) is 4.68 Å². The second-order valence-corrected chi connectivity index (χ2v) is 2.32. The van der Waals surface area contributed by atoms with E-state index in [1.807, 2.05) is 6.92 Å². The van der Waals surface area contributed by atoms with Gasteiger partial charge in [-0.05, 0) is 6.92 Å². The van der Waals surface area contributed by atoms with E-state index in [4.69, 9.17) is 17.3 Å². The normalized spacial score (nSPS) is 13.7. The number of hydrogen-bond donors (Lipinski definition) is 1. The van der Waals surface area contributed by atoms with Crippen LogP contribution in [0.2, 0.25) is 5.02 Å². The van der Waals surface area contributed by atoms with Crippen LogP contribution >= 0.6 is 11.6 Å². The molecule has 0 amide bonds. The SMILES string of the molecule is CC(N)n1cc(Cl)cn1. The zero-order chi connectivity index (χ0) is 6.85. The maximum atomic E-state index is 5.57. The third-order valence-corrected chi connectivity index (χ3v) is 1.18. The Kier molecular flexibility index (Phi) is 1.73. The lowest BCUT2D eigenvalue weighted by atomic mass is 10.6. The van der Waals surface area contributed by atoms with Gasteiger partial charge in [-0.25, -0.2) is 0 Å². The van der Waals surface area contributed by atoms with E-state index in [0.29, 0.717) is 5.02 Å². The molecule has 0 aliphatic rings. The lowest BCUT2D eigenvalue weighted by Gasteiger charge is -2.02. The predicted molar refractivity (Wildman–Crippen MR) is 36.1 cm³/mol. The van der Waals surface area contributed by atoms with Crippen molar-refractivity contribution in [2.75, 3.05) is 0 Å². The van der Waals surface area contributed by atoms with Crippen molar-refractivity contribution in [2.24, 2.45) is 5.73 Å². The molecule has 4 heteroatoms. The summed E-state index contributed by atoms with van der Waals surface area (Å²) in [6.07, 6.45) is 3.15. The van der Waals surface area contributed by atoms with Gasteiger partial charge in [-0.1, -0.05) is 11.6 Å². The summed E-state index contributed by atoms with van der Waals surface area (Å²) in [6, 6.07) is 0. The van der Waals surface area contributed by atoms with Crippen molar-refractivity contribution in [1.82, 2.24) is 9.78 Å². The van der Waals surface area contributed by atoms with E-state index in [0.717, 1.165) is 0 Å². The highest BCUT2D eigenvalue weighted by Crippen LogP contribution is 2.06. The lowest BCUT2D eigenvalue weighted by molar-refractivity contribution is 0.509. The van der Waals surface area contributed by atoms with Gasteiger partial charge in [-0.2, -0.15) is 5.10 Å². The largest absolute Gasteiger partial charge is 0.310 e. The minimum atomic E-state index is -0.0995. The van der Waals surface area contributed by atoms with Gasteiger partial charge in [0.1, 0.15) is 0 Å². The first-order chi connectivity index (χ1) is 4.20. The average Bonchev–Trinajstić information content (AvgIpc) is 2.14. The number of nitrogens with zero attached hydrogens (tertiary/aromatic N) is 2. The summed E-state index contributed by atoms with van der Waals surface area (Å²) < 4.78 is 1.60. The molecule has 0 saturated carbocycles. The molecule has 1 rings (SSSR count). The van der Waals surface area contributed by atoms with Gasteiger partial charge in [0.05, 0.1) is 17.4 Å². The second kappa shape index (κ2) is 2.37. The summed E-state index contributed by atoms with van der Waals surface area (Å²) in [5.74, 6) is 0. The van der Waals surface area contributed by atoms with Crippen molar-refractivity contribution in [1.29, 1.82) is 0 Å². The maximum Gasteiger partial charge on any atom is 0.0960 e. The van der Waals surface area contributed by atoms with E-state index in [1.165, 1.54) is 0 Å².